The van der Waals surface area contributed by atoms with Crippen LogP contribution < -0.4 is 0 Å². The van der Waals surface area contributed by atoms with Gasteiger partial charge in [-0.25, -0.2) is 4.39 Å². The lowest BCUT2D eigenvalue weighted by Crippen LogP contribution is -2.30. The molecule has 0 saturated carbocycles. The summed E-state index contributed by atoms with van der Waals surface area (Å²) >= 11 is 5.81. The predicted molar refractivity (Wildman–Crippen MR) is 61.6 cm³/mol. The van der Waals surface area contributed by atoms with Crippen molar-refractivity contribution >= 4 is 17.5 Å². The molecule has 1 heterocycles. The van der Waals surface area contributed by atoms with E-state index in [1.165, 1.54) is 4.90 Å². The summed E-state index contributed by atoms with van der Waals surface area (Å²) in [5.41, 5.74) is -2.00. The number of rotatable bonds is 1. The molecule has 7 heteroatoms. The zero-order chi connectivity index (χ0) is 14.2. The lowest BCUT2D eigenvalue weighted by molar-refractivity contribution is -0.140. The summed E-state index contributed by atoms with van der Waals surface area (Å²) in [5, 5.41) is -0.238. The summed E-state index contributed by atoms with van der Waals surface area (Å²) in [4.78, 5) is 13.2. The van der Waals surface area contributed by atoms with Crippen LogP contribution >= 0.6 is 11.6 Å². The average molecular weight is 296 g/mol. The number of halogens is 5. The first kappa shape index (κ1) is 14.1. The van der Waals surface area contributed by atoms with E-state index in [-0.39, 0.29) is 11.9 Å². The SMILES string of the molecule is O=C(c1cccc(C(F)(F)F)c1F)N1CCC(Cl)C1. The summed E-state index contributed by atoms with van der Waals surface area (Å²) in [7, 11) is 0. The number of carbonyl (C=O) groups excluding carboxylic acids is 1. The number of hydrogen-bond donors (Lipinski definition) is 0. The fraction of sp³-hybridized carbons (Fsp3) is 0.417. The van der Waals surface area contributed by atoms with Crippen LogP contribution in [-0.2, 0) is 6.18 Å². The van der Waals surface area contributed by atoms with Gasteiger partial charge in [-0.1, -0.05) is 6.07 Å². The predicted octanol–water partition coefficient (Wildman–Crippen LogP) is 3.30. The first-order chi connectivity index (χ1) is 8.80. The van der Waals surface area contributed by atoms with Gasteiger partial charge in [0, 0.05) is 13.1 Å². The first-order valence-corrected chi connectivity index (χ1v) is 6.03. The third kappa shape index (κ3) is 2.83. The van der Waals surface area contributed by atoms with E-state index in [0.717, 1.165) is 12.1 Å². The number of benzene rings is 1. The zero-order valence-corrected chi connectivity index (χ0v) is 10.4. The minimum atomic E-state index is -4.82. The Morgan fingerprint density at radius 3 is 2.58 bits per heavy atom. The molecule has 1 aromatic carbocycles. The molecule has 1 saturated heterocycles. The van der Waals surface area contributed by atoms with Gasteiger partial charge in [0.05, 0.1) is 16.5 Å². The third-order valence-electron chi connectivity index (χ3n) is 2.95. The van der Waals surface area contributed by atoms with Gasteiger partial charge in [0.15, 0.2) is 0 Å². The van der Waals surface area contributed by atoms with E-state index in [1.54, 1.807) is 0 Å². The summed E-state index contributed by atoms with van der Waals surface area (Å²) < 4.78 is 51.4. The Balaban J connectivity index is 2.33. The van der Waals surface area contributed by atoms with Crippen LogP contribution in [0.1, 0.15) is 22.3 Å². The van der Waals surface area contributed by atoms with Crippen molar-refractivity contribution in [3.8, 4) is 0 Å². The second-order valence-corrected chi connectivity index (χ2v) is 4.92. The van der Waals surface area contributed by atoms with E-state index in [4.69, 9.17) is 11.6 Å². The Bertz CT molecular complexity index is 503. The standard InChI is InChI=1S/C12H10ClF4NO/c13-7-4-5-18(6-7)11(19)8-2-1-3-9(10(8)14)12(15,16)17/h1-3,7H,4-6H2. The van der Waals surface area contributed by atoms with Crippen molar-refractivity contribution in [2.75, 3.05) is 13.1 Å². The lowest BCUT2D eigenvalue weighted by atomic mass is 10.1. The molecule has 1 atom stereocenters. The maximum atomic E-state index is 13.8. The highest BCUT2D eigenvalue weighted by Crippen LogP contribution is 2.33. The molecule has 2 rings (SSSR count). The molecule has 0 aromatic heterocycles. The number of alkyl halides is 4. The third-order valence-corrected chi connectivity index (χ3v) is 3.31. The Morgan fingerprint density at radius 1 is 1.37 bits per heavy atom. The highest BCUT2D eigenvalue weighted by molar-refractivity contribution is 6.21. The van der Waals surface area contributed by atoms with Gasteiger partial charge in [-0.2, -0.15) is 13.2 Å². The van der Waals surface area contributed by atoms with Crippen LogP contribution in [0.3, 0.4) is 0 Å². The maximum absolute atomic E-state index is 13.8. The minimum absolute atomic E-state index is 0.218. The number of amides is 1. The Hall–Kier alpha value is -1.30. The van der Waals surface area contributed by atoms with E-state index in [2.05, 4.69) is 0 Å². The van der Waals surface area contributed by atoms with E-state index < -0.39 is 29.0 Å². The van der Waals surface area contributed by atoms with Gasteiger partial charge < -0.3 is 4.90 Å². The number of carbonyl (C=O) groups is 1. The van der Waals surface area contributed by atoms with E-state index >= 15 is 0 Å². The summed E-state index contributed by atoms with van der Waals surface area (Å²) in [6.45, 7) is 0.540. The van der Waals surface area contributed by atoms with Gasteiger partial charge in [0.2, 0.25) is 0 Å². The Morgan fingerprint density at radius 2 is 2.05 bits per heavy atom. The van der Waals surface area contributed by atoms with Crippen molar-refractivity contribution in [3.63, 3.8) is 0 Å². The zero-order valence-electron chi connectivity index (χ0n) is 9.68. The highest BCUT2D eigenvalue weighted by Gasteiger charge is 2.36. The summed E-state index contributed by atoms with van der Waals surface area (Å²) in [6, 6.07) is 2.68. The van der Waals surface area contributed by atoms with Crippen LogP contribution in [0, 0.1) is 5.82 Å². The van der Waals surface area contributed by atoms with Gasteiger partial charge in [-0.15, -0.1) is 11.6 Å². The molecule has 0 spiro atoms. The van der Waals surface area contributed by atoms with Crippen molar-refractivity contribution in [3.05, 3.63) is 35.1 Å². The van der Waals surface area contributed by atoms with Crippen molar-refractivity contribution in [1.82, 2.24) is 4.90 Å². The molecular formula is C12H10ClF4NO. The molecule has 1 aromatic rings. The molecule has 0 bridgehead atoms. The van der Waals surface area contributed by atoms with Gasteiger partial charge >= 0.3 is 6.18 Å². The summed E-state index contributed by atoms with van der Waals surface area (Å²) in [5.74, 6) is -2.29. The maximum Gasteiger partial charge on any atom is 0.419 e. The topological polar surface area (TPSA) is 20.3 Å². The van der Waals surface area contributed by atoms with E-state index in [9.17, 15) is 22.4 Å². The van der Waals surface area contributed by atoms with Gasteiger partial charge in [0.1, 0.15) is 5.82 Å². The van der Waals surface area contributed by atoms with Gasteiger partial charge in [0.25, 0.3) is 5.91 Å². The second kappa shape index (κ2) is 5.00. The van der Waals surface area contributed by atoms with E-state index in [1.807, 2.05) is 0 Å². The van der Waals surface area contributed by atoms with Crippen molar-refractivity contribution in [1.29, 1.82) is 0 Å². The fourth-order valence-electron chi connectivity index (χ4n) is 1.99. The van der Waals surface area contributed by atoms with Crippen LogP contribution in [0.2, 0.25) is 0 Å². The molecule has 2 nitrogen and oxygen atoms in total. The van der Waals surface area contributed by atoms with Crippen molar-refractivity contribution in [2.24, 2.45) is 0 Å². The van der Waals surface area contributed by atoms with Crippen molar-refractivity contribution < 1.29 is 22.4 Å². The molecular weight excluding hydrogens is 286 g/mol. The molecule has 1 aliphatic heterocycles. The Kier molecular flexibility index (Phi) is 3.71. The molecule has 104 valence electrons. The molecule has 0 aliphatic carbocycles. The minimum Gasteiger partial charge on any atom is -0.337 e. The molecule has 0 N–H and O–H groups in total. The Labute approximate surface area is 112 Å². The van der Waals surface area contributed by atoms with Crippen molar-refractivity contribution in [2.45, 2.75) is 18.0 Å². The molecule has 0 radical (unpaired) electrons. The molecule has 1 amide bonds. The summed E-state index contributed by atoms with van der Waals surface area (Å²) in [6.07, 6.45) is -4.27. The van der Waals surface area contributed by atoms with Crippen LogP contribution in [-0.4, -0.2) is 29.3 Å². The van der Waals surface area contributed by atoms with Gasteiger partial charge in [-0.3, -0.25) is 4.79 Å². The lowest BCUT2D eigenvalue weighted by Gasteiger charge is -2.17. The number of likely N-dealkylation sites (tertiary alicyclic amines) is 1. The van der Waals surface area contributed by atoms with Gasteiger partial charge in [-0.05, 0) is 18.6 Å². The van der Waals surface area contributed by atoms with Crippen LogP contribution in [0.4, 0.5) is 17.6 Å². The monoisotopic (exact) mass is 295 g/mol. The number of nitrogens with zero attached hydrogens (tertiary/aromatic N) is 1. The number of hydrogen-bond acceptors (Lipinski definition) is 1. The molecule has 19 heavy (non-hydrogen) atoms. The largest absolute Gasteiger partial charge is 0.419 e. The highest BCUT2D eigenvalue weighted by atomic mass is 35.5. The quantitative estimate of drug-likeness (QED) is 0.575. The average Bonchev–Trinajstić information content (AvgIpc) is 2.74. The normalized spacial score (nSPS) is 19.8. The smallest absolute Gasteiger partial charge is 0.337 e. The van der Waals surface area contributed by atoms with Crippen LogP contribution in [0.25, 0.3) is 0 Å². The second-order valence-electron chi connectivity index (χ2n) is 4.30. The van der Waals surface area contributed by atoms with Crippen LogP contribution in [0.5, 0.6) is 0 Å². The van der Waals surface area contributed by atoms with Crippen LogP contribution in [0.15, 0.2) is 18.2 Å². The van der Waals surface area contributed by atoms with E-state index in [0.29, 0.717) is 19.0 Å². The molecule has 1 aliphatic rings. The molecule has 1 unspecified atom stereocenters. The molecule has 1 fully saturated rings. The first-order valence-electron chi connectivity index (χ1n) is 5.59. The fourth-order valence-corrected chi connectivity index (χ4v) is 2.25.